The third kappa shape index (κ3) is 4.42. The smallest absolute Gasteiger partial charge is 0.322 e. The molecule has 0 radical (unpaired) electrons. The van der Waals surface area contributed by atoms with Gasteiger partial charge in [0.1, 0.15) is 6.04 Å². The van der Waals surface area contributed by atoms with E-state index >= 15 is 0 Å². The lowest BCUT2D eigenvalue weighted by Crippen LogP contribution is -2.31. The molecule has 0 aliphatic carbocycles. The molecule has 2 aromatic rings. The first kappa shape index (κ1) is 17.1. The number of nitrogens with zero attached hydrogens (tertiary/aromatic N) is 1. The highest BCUT2D eigenvalue weighted by Crippen LogP contribution is 2.21. The predicted molar refractivity (Wildman–Crippen MR) is 93.8 cm³/mol. The molecule has 1 aliphatic rings. The summed E-state index contributed by atoms with van der Waals surface area (Å²) in [6.45, 7) is 2.39. The molecule has 25 heavy (non-hydrogen) atoms. The maximum atomic E-state index is 11.9. The Bertz CT molecular complexity index is 800. The van der Waals surface area contributed by atoms with Gasteiger partial charge in [-0.3, -0.25) is 14.9 Å². The van der Waals surface area contributed by atoms with Crippen molar-refractivity contribution in [2.24, 2.45) is 0 Å². The van der Waals surface area contributed by atoms with E-state index in [1.807, 2.05) is 36.6 Å². The average molecular weight is 358 g/mol. The number of thiazole rings is 1. The SMILES string of the molecule is Cc1nc(-c2ccc(CNC(=O)CC[C@H]3NC(=O)NC3=O)cc2)cs1. The molecule has 4 amide bonds. The summed E-state index contributed by atoms with van der Waals surface area (Å²) in [5.41, 5.74) is 2.98. The van der Waals surface area contributed by atoms with Gasteiger partial charge in [-0.05, 0) is 18.9 Å². The molecule has 1 fully saturated rings. The van der Waals surface area contributed by atoms with Crippen molar-refractivity contribution in [3.63, 3.8) is 0 Å². The van der Waals surface area contributed by atoms with Crippen LogP contribution >= 0.6 is 11.3 Å². The molecule has 1 aliphatic heterocycles. The summed E-state index contributed by atoms with van der Waals surface area (Å²) >= 11 is 1.61. The Morgan fingerprint density at radius 1 is 1.28 bits per heavy atom. The van der Waals surface area contributed by atoms with Gasteiger partial charge in [-0.2, -0.15) is 0 Å². The number of urea groups is 1. The molecular formula is C17H18N4O3S. The van der Waals surface area contributed by atoms with Gasteiger partial charge in [0.25, 0.3) is 5.91 Å². The van der Waals surface area contributed by atoms with E-state index < -0.39 is 12.1 Å². The van der Waals surface area contributed by atoms with Gasteiger partial charge < -0.3 is 10.6 Å². The van der Waals surface area contributed by atoms with Gasteiger partial charge >= 0.3 is 6.03 Å². The van der Waals surface area contributed by atoms with E-state index in [9.17, 15) is 14.4 Å². The highest BCUT2D eigenvalue weighted by Gasteiger charge is 2.29. The molecule has 1 atom stereocenters. The highest BCUT2D eigenvalue weighted by molar-refractivity contribution is 7.09. The standard InChI is InChI=1S/C17H18N4O3S/c1-10-19-14(9-25-10)12-4-2-11(3-5-12)8-18-15(22)7-6-13-16(23)21-17(24)20-13/h2-5,9,13H,6-8H2,1H3,(H,18,22)(H2,20,21,23,24)/t13-/m1/s1. The normalized spacial score (nSPS) is 16.4. The molecular weight excluding hydrogens is 340 g/mol. The second-order valence-corrected chi connectivity index (χ2v) is 6.84. The molecule has 3 rings (SSSR count). The molecule has 0 bridgehead atoms. The first-order valence-corrected chi connectivity index (χ1v) is 8.79. The number of hydrogen-bond acceptors (Lipinski definition) is 5. The van der Waals surface area contributed by atoms with E-state index in [1.54, 1.807) is 11.3 Å². The van der Waals surface area contributed by atoms with E-state index in [0.29, 0.717) is 6.54 Å². The average Bonchev–Trinajstić information content (AvgIpc) is 3.16. The van der Waals surface area contributed by atoms with Crippen LogP contribution in [0.15, 0.2) is 29.6 Å². The zero-order valence-corrected chi connectivity index (χ0v) is 14.5. The number of benzene rings is 1. The third-order valence-corrected chi connectivity index (χ3v) is 4.65. The Kier molecular flexibility index (Phi) is 5.08. The molecule has 0 spiro atoms. The van der Waals surface area contributed by atoms with Crippen LogP contribution in [-0.4, -0.2) is 28.9 Å². The van der Waals surface area contributed by atoms with Crippen LogP contribution in [0.2, 0.25) is 0 Å². The number of imide groups is 1. The monoisotopic (exact) mass is 358 g/mol. The first-order valence-electron chi connectivity index (χ1n) is 7.91. The molecule has 0 unspecified atom stereocenters. The molecule has 1 saturated heterocycles. The van der Waals surface area contributed by atoms with Gasteiger partial charge in [0.2, 0.25) is 5.91 Å². The van der Waals surface area contributed by atoms with Gasteiger partial charge in [0.05, 0.1) is 10.7 Å². The minimum absolute atomic E-state index is 0.159. The van der Waals surface area contributed by atoms with Crippen LogP contribution < -0.4 is 16.0 Å². The Labute approximate surface area is 148 Å². The number of aryl methyl sites for hydroxylation is 1. The summed E-state index contributed by atoms with van der Waals surface area (Å²) < 4.78 is 0. The van der Waals surface area contributed by atoms with Gasteiger partial charge in [-0.25, -0.2) is 9.78 Å². The lowest BCUT2D eigenvalue weighted by Gasteiger charge is -2.08. The minimum Gasteiger partial charge on any atom is -0.352 e. The summed E-state index contributed by atoms with van der Waals surface area (Å²) in [5.74, 6) is -0.543. The van der Waals surface area contributed by atoms with Crippen LogP contribution in [0.3, 0.4) is 0 Å². The molecule has 8 heteroatoms. The molecule has 2 heterocycles. The molecule has 1 aromatic carbocycles. The number of hydrogen-bond donors (Lipinski definition) is 3. The Morgan fingerprint density at radius 3 is 2.64 bits per heavy atom. The van der Waals surface area contributed by atoms with Crippen LogP contribution in [0.5, 0.6) is 0 Å². The quantitative estimate of drug-likeness (QED) is 0.685. The van der Waals surface area contributed by atoms with E-state index in [0.717, 1.165) is 21.8 Å². The number of carbonyl (C=O) groups is 3. The number of amides is 4. The molecule has 7 nitrogen and oxygen atoms in total. The van der Waals surface area contributed by atoms with Crippen LogP contribution in [0, 0.1) is 6.92 Å². The van der Waals surface area contributed by atoms with E-state index in [1.165, 1.54) is 0 Å². The molecule has 0 saturated carbocycles. The summed E-state index contributed by atoms with van der Waals surface area (Å²) in [7, 11) is 0. The summed E-state index contributed by atoms with van der Waals surface area (Å²) in [6.07, 6.45) is 0.458. The molecule has 130 valence electrons. The molecule has 3 N–H and O–H groups in total. The van der Waals surface area contributed by atoms with Crippen LogP contribution in [0.1, 0.15) is 23.4 Å². The number of rotatable bonds is 6. The fourth-order valence-electron chi connectivity index (χ4n) is 2.52. The van der Waals surface area contributed by atoms with Crippen molar-refractivity contribution in [3.8, 4) is 11.3 Å². The summed E-state index contributed by atoms with van der Waals surface area (Å²) in [6, 6.07) is 6.73. The van der Waals surface area contributed by atoms with Crippen molar-refractivity contribution in [3.05, 3.63) is 40.2 Å². The molecule has 1 aromatic heterocycles. The van der Waals surface area contributed by atoms with Gasteiger partial charge in [-0.15, -0.1) is 11.3 Å². The van der Waals surface area contributed by atoms with Crippen molar-refractivity contribution < 1.29 is 14.4 Å². The number of nitrogens with one attached hydrogen (secondary N) is 3. The summed E-state index contributed by atoms with van der Waals surface area (Å²) in [4.78, 5) is 38.7. The van der Waals surface area contributed by atoms with Crippen molar-refractivity contribution >= 4 is 29.2 Å². The second-order valence-electron chi connectivity index (χ2n) is 5.78. The predicted octanol–water partition coefficient (Wildman–Crippen LogP) is 1.72. The van der Waals surface area contributed by atoms with Crippen LogP contribution in [0.4, 0.5) is 4.79 Å². The third-order valence-electron chi connectivity index (χ3n) is 3.88. The van der Waals surface area contributed by atoms with Crippen molar-refractivity contribution in [1.82, 2.24) is 20.9 Å². The zero-order valence-electron chi connectivity index (χ0n) is 13.7. The lowest BCUT2D eigenvalue weighted by atomic mass is 10.1. The van der Waals surface area contributed by atoms with Crippen molar-refractivity contribution in [2.45, 2.75) is 32.4 Å². The fourth-order valence-corrected chi connectivity index (χ4v) is 3.14. The van der Waals surface area contributed by atoms with Crippen LogP contribution in [0.25, 0.3) is 11.3 Å². The van der Waals surface area contributed by atoms with E-state index in [4.69, 9.17) is 0 Å². The maximum Gasteiger partial charge on any atom is 0.322 e. The lowest BCUT2D eigenvalue weighted by molar-refractivity contribution is -0.122. The maximum absolute atomic E-state index is 11.9. The van der Waals surface area contributed by atoms with Crippen LogP contribution in [-0.2, 0) is 16.1 Å². The minimum atomic E-state index is -0.626. The fraction of sp³-hybridized carbons (Fsp3) is 0.294. The topological polar surface area (TPSA) is 100 Å². The largest absolute Gasteiger partial charge is 0.352 e. The first-order chi connectivity index (χ1) is 12.0. The Hall–Kier alpha value is -2.74. The van der Waals surface area contributed by atoms with E-state index in [2.05, 4.69) is 20.9 Å². The van der Waals surface area contributed by atoms with E-state index in [-0.39, 0.29) is 24.7 Å². The van der Waals surface area contributed by atoms with Gasteiger partial charge in [0, 0.05) is 23.9 Å². The Morgan fingerprint density at radius 2 is 2.04 bits per heavy atom. The summed E-state index contributed by atoms with van der Waals surface area (Å²) in [5, 5.41) is 10.5. The van der Waals surface area contributed by atoms with Gasteiger partial charge in [-0.1, -0.05) is 24.3 Å². The van der Waals surface area contributed by atoms with Crippen molar-refractivity contribution in [2.75, 3.05) is 0 Å². The van der Waals surface area contributed by atoms with Crippen molar-refractivity contribution in [1.29, 1.82) is 0 Å². The second kappa shape index (κ2) is 7.43. The highest BCUT2D eigenvalue weighted by atomic mass is 32.1. The zero-order chi connectivity index (χ0) is 17.8. The number of carbonyl (C=O) groups excluding carboxylic acids is 3. The number of aromatic nitrogens is 1. The van der Waals surface area contributed by atoms with Gasteiger partial charge in [0.15, 0.2) is 0 Å². The Balaban J connectivity index is 1.46.